The van der Waals surface area contributed by atoms with Crippen LogP contribution in [-0.4, -0.2) is 0 Å². The average Bonchev–Trinajstić information content (AvgIpc) is 3.13. The first-order valence-corrected chi connectivity index (χ1v) is 18.5. The van der Waals surface area contributed by atoms with Crippen LogP contribution < -0.4 is 0 Å². The van der Waals surface area contributed by atoms with Crippen molar-refractivity contribution in [2.45, 2.75) is 85.5 Å². The summed E-state index contributed by atoms with van der Waals surface area (Å²) in [5.41, 5.74) is 19.1. The summed E-state index contributed by atoms with van der Waals surface area (Å²) in [7, 11) is 0. The highest BCUT2D eigenvalue weighted by Crippen LogP contribution is 2.31. The van der Waals surface area contributed by atoms with Crippen molar-refractivity contribution in [3.8, 4) is 44.5 Å². The van der Waals surface area contributed by atoms with Gasteiger partial charge in [0.25, 0.3) is 0 Å². The van der Waals surface area contributed by atoms with Crippen molar-refractivity contribution < 1.29 is 0 Å². The molecule has 0 spiro atoms. The molecule has 0 aliphatic rings. The molecular formula is C49H52. The number of aryl methyl sites for hydroxylation is 4. The van der Waals surface area contributed by atoms with Gasteiger partial charge in [0.05, 0.1) is 0 Å². The van der Waals surface area contributed by atoms with Crippen LogP contribution in [-0.2, 0) is 12.8 Å². The lowest BCUT2D eigenvalue weighted by Crippen LogP contribution is -1.96. The summed E-state index contributed by atoms with van der Waals surface area (Å²) in [5.74, 6) is 0. The number of hydrogen-bond donors (Lipinski definition) is 0. The van der Waals surface area contributed by atoms with Gasteiger partial charge in [-0.15, -0.1) is 0 Å². The van der Waals surface area contributed by atoms with E-state index in [4.69, 9.17) is 0 Å². The van der Waals surface area contributed by atoms with Crippen molar-refractivity contribution in [3.05, 3.63) is 167 Å². The molecule has 0 N–H and O–H groups in total. The van der Waals surface area contributed by atoms with E-state index in [0.29, 0.717) is 0 Å². The third kappa shape index (κ3) is 8.87. The Morgan fingerprint density at radius 2 is 0.510 bits per heavy atom. The van der Waals surface area contributed by atoms with Crippen molar-refractivity contribution in [2.75, 3.05) is 0 Å². The molecule has 49 heavy (non-hydrogen) atoms. The Hall–Kier alpha value is -4.68. The monoisotopic (exact) mass is 640 g/mol. The molecule has 0 nitrogen and oxygen atoms in total. The first-order valence-electron chi connectivity index (χ1n) is 18.5. The van der Waals surface area contributed by atoms with E-state index in [-0.39, 0.29) is 0 Å². The smallest absolute Gasteiger partial charge is 0.0179 e. The minimum Gasteiger partial charge on any atom is -0.0622 e. The van der Waals surface area contributed by atoms with Gasteiger partial charge in [0.1, 0.15) is 0 Å². The number of unbranched alkanes of at least 4 members (excludes halogenated alkanes) is 6. The second-order valence-corrected chi connectivity index (χ2v) is 14.0. The maximum absolute atomic E-state index is 2.39. The van der Waals surface area contributed by atoms with Gasteiger partial charge in [-0.05, 0) is 131 Å². The molecule has 0 heterocycles. The van der Waals surface area contributed by atoms with Crippen molar-refractivity contribution in [2.24, 2.45) is 0 Å². The molecule has 0 heteroatoms. The maximum atomic E-state index is 2.39. The molecular weight excluding hydrogens is 589 g/mol. The zero-order chi connectivity index (χ0) is 34.0. The van der Waals surface area contributed by atoms with Crippen LogP contribution in [0.3, 0.4) is 0 Å². The van der Waals surface area contributed by atoms with Crippen LogP contribution >= 0.6 is 0 Å². The largest absolute Gasteiger partial charge is 0.0622 e. The second-order valence-electron chi connectivity index (χ2n) is 14.0. The van der Waals surface area contributed by atoms with Crippen LogP contribution in [0.2, 0.25) is 0 Å². The predicted molar refractivity (Wildman–Crippen MR) is 213 cm³/mol. The molecule has 0 aliphatic carbocycles. The van der Waals surface area contributed by atoms with Gasteiger partial charge in [0.2, 0.25) is 0 Å². The standard InChI is InChI=1S/C49H52/c1-36-32-46(44-28-24-42(25-29-44)40-18-12-10-13-19-40)33-37(2)48(36)22-16-8-6-5-7-9-17-23-49-38(3)34-47(35-39(49)4)45-30-26-43(27-31-45)41-20-14-11-15-21-41/h10-15,18-21,24-35H,5-9,16-17,22-23H2,1-4H3. The van der Waals surface area contributed by atoms with E-state index in [1.165, 1.54) is 125 Å². The van der Waals surface area contributed by atoms with Gasteiger partial charge < -0.3 is 0 Å². The van der Waals surface area contributed by atoms with E-state index >= 15 is 0 Å². The predicted octanol–water partition coefficient (Wildman–Crippen LogP) is 14.1. The number of rotatable bonds is 14. The van der Waals surface area contributed by atoms with E-state index in [9.17, 15) is 0 Å². The molecule has 0 atom stereocenters. The zero-order valence-electron chi connectivity index (χ0n) is 30.1. The molecule has 0 amide bonds. The van der Waals surface area contributed by atoms with Gasteiger partial charge in [-0.2, -0.15) is 0 Å². The van der Waals surface area contributed by atoms with Gasteiger partial charge in [0, 0.05) is 0 Å². The molecule has 0 bridgehead atoms. The summed E-state index contributed by atoms with van der Waals surface area (Å²) in [6.45, 7) is 9.18. The van der Waals surface area contributed by atoms with E-state index in [2.05, 4.69) is 161 Å². The minimum absolute atomic E-state index is 1.19. The van der Waals surface area contributed by atoms with E-state index in [1.54, 1.807) is 11.1 Å². The fraction of sp³-hybridized carbons (Fsp3) is 0.265. The van der Waals surface area contributed by atoms with Crippen molar-refractivity contribution in [1.82, 2.24) is 0 Å². The lowest BCUT2D eigenvalue weighted by Gasteiger charge is -2.14. The van der Waals surface area contributed by atoms with Gasteiger partial charge in [-0.3, -0.25) is 0 Å². The average molecular weight is 641 g/mol. The quantitative estimate of drug-likeness (QED) is 0.104. The van der Waals surface area contributed by atoms with Gasteiger partial charge >= 0.3 is 0 Å². The van der Waals surface area contributed by atoms with Crippen molar-refractivity contribution in [3.63, 3.8) is 0 Å². The molecule has 0 aliphatic heterocycles. The Morgan fingerprint density at radius 1 is 0.265 bits per heavy atom. The fourth-order valence-electron chi connectivity index (χ4n) is 7.57. The van der Waals surface area contributed by atoms with Crippen LogP contribution in [0.25, 0.3) is 44.5 Å². The third-order valence-electron chi connectivity index (χ3n) is 10.4. The summed E-state index contributed by atoms with van der Waals surface area (Å²) in [5, 5.41) is 0. The van der Waals surface area contributed by atoms with Gasteiger partial charge in [-0.1, -0.05) is 166 Å². The molecule has 0 saturated carbocycles. The molecule has 6 aromatic carbocycles. The van der Waals surface area contributed by atoms with Crippen LogP contribution in [0, 0.1) is 27.7 Å². The lowest BCUT2D eigenvalue weighted by atomic mass is 9.91. The molecule has 0 aromatic heterocycles. The molecule has 0 saturated heterocycles. The number of benzene rings is 6. The van der Waals surface area contributed by atoms with Crippen LogP contribution in [0.1, 0.15) is 78.3 Å². The first kappa shape index (κ1) is 34.2. The number of hydrogen-bond acceptors (Lipinski definition) is 0. The maximum Gasteiger partial charge on any atom is -0.0179 e. The van der Waals surface area contributed by atoms with Crippen molar-refractivity contribution in [1.29, 1.82) is 0 Å². The van der Waals surface area contributed by atoms with Crippen LogP contribution in [0.4, 0.5) is 0 Å². The van der Waals surface area contributed by atoms with Gasteiger partial charge in [0.15, 0.2) is 0 Å². The molecule has 0 unspecified atom stereocenters. The Morgan fingerprint density at radius 3 is 0.816 bits per heavy atom. The lowest BCUT2D eigenvalue weighted by molar-refractivity contribution is 0.578. The second kappa shape index (κ2) is 16.6. The Balaban J connectivity index is 0.908. The molecule has 0 radical (unpaired) electrons. The molecule has 6 rings (SSSR count). The highest BCUT2D eigenvalue weighted by atomic mass is 14.1. The topological polar surface area (TPSA) is 0 Å². The molecule has 248 valence electrons. The molecule has 6 aromatic rings. The zero-order valence-corrected chi connectivity index (χ0v) is 30.1. The minimum atomic E-state index is 1.19. The Kier molecular flexibility index (Phi) is 11.6. The summed E-state index contributed by atoms with van der Waals surface area (Å²) < 4.78 is 0. The molecule has 0 fully saturated rings. The third-order valence-corrected chi connectivity index (χ3v) is 10.4. The van der Waals surface area contributed by atoms with Crippen molar-refractivity contribution >= 4 is 0 Å². The summed E-state index contributed by atoms with van der Waals surface area (Å²) in [4.78, 5) is 0. The van der Waals surface area contributed by atoms with Gasteiger partial charge in [-0.25, -0.2) is 0 Å². The van der Waals surface area contributed by atoms with Crippen LogP contribution in [0.5, 0.6) is 0 Å². The normalized spacial score (nSPS) is 11.2. The van der Waals surface area contributed by atoms with E-state index in [0.717, 1.165) is 0 Å². The SMILES string of the molecule is Cc1cc(-c2ccc(-c3ccccc3)cc2)cc(C)c1CCCCCCCCCc1c(C)cc(-c2ccc(-c3ccccc3)cc2)cc1C. The summed E-state index contributed by atoms with van der Waals surface area (Å²) in [6, 6.07) is 48.9. The Bertz CT molecular complexity index is 1740. The summed E-state index contributed by atoms with van der Waals surface area (Å²) in [6.07, 6.45) is 11.7. The first-order chi connectivity index (χ1) is 24.0. The highest BCUT2D eigenvalue weighted by Gasteiger charge is 2.10. The highest BCUT2D eigenvalue weighted by molar-refractivity contribution is 5.73. The summed E-state index contributed by atoms with van der Waals surface area (Å²) >= 11 is 0. The van der Waals surface area contributed by atoms with E-state index < -0.39 is 0 Å². The fourth-order valence-corrected chi connectivity index (χ4v) is 7.57. The van der Waals surface area contributed by atoms with E-state index in [1.807, 2.05) is 0 Å². The Labute approximate surface area is 295 Å². The van der Waals surface area contributed by atoms with Crippen LogP contribution in [0.15, 0.2) is 133 Å².